The Balaban J connectivity index is 2.15. The first-order chi connectivity index (χ1) is 10.2. The number of benzene rings is 1. The lowest BCUT2D eigenvalue weighted by Crippen LogP contribution is -2.30. The van der Waals surface area contributed by atoms with Crippen LogP contribution in [0.1, 0.15) is 29.6 Å². The van der Waals surface area contributed by atoms with Crippen LogP contribution in [-0.4, -0.2) is 31.1 Å². The van der Waals surface area contributed by atoms with Crippen molar-refractivity contribution >= 4 is 22.5 Å². The first-order valence-corrected chi connectivity index (χ1v) is 7.22. The van der Waals surface area contributed by atoms with Gasteiger partial charge in [-0.2, -0.15) is 0 Å². The van der Waals surface area contributed by atoms with Gasteiger partial charge in [-0.05, 0) is 42.8 Å². The lowest BCUT2D eigenvalue weighted by molar-refractivity contribution is 0.0997. The van der Waals surface area contributed by atoms with Crippen LogP contribution in [0.4, 0.5) is 5.82 Å². The average Bonchev–Trinajstić information content (AvgIpc) is 2.53. The van der Waals surface area contributed by atoms with E-state index in [4.69, 9.17) is 10.5 Å². The first kappa shape index (κ1) is 13.7. The van der Waals surface area contributed by atoms with E-state index in [9.17, 15) is 4.79 Å². The summed E-state index contributed by atoms with van der Waals surface area (Å²) in [4.78, 5) is 18.4. The van der Waals surface area contributed by atoms with Crippen molar-refractivity contribution in [1.82, 2.24) is 4.98 Å². The third kappa shape index (κ3) is 2.51. The summed E-state index contributed by atoms with van der Waals surface area (Å²) in [5, 5.41) is 1.96. The zero-order chi connectivity index (χ0) is 14.8. The number of nitrogens with two attached hydrogens (primary N) is 1. The van der Waals surface area contributed by atoms with Crippen LogP contribution in [0.5, 0.6) is 5.75 Å². The van der Waals surface area contributed by atoms with Crippen molar-refractivity contribution in [1.29, 1.82) is 0 Å². The average molecular weight is 285 g/mol. The minimum Gasteiger partial charge on any atom is -0.496 e. The van der Waals surface area contributed by atoms with Gasteiger partial charge in [-0.3, -0.25) is 4.79 Å². The highest BCUT2D eigenvalue weighted by molar-refractivity contribution is 6.03. The second-order valence-electron chi connectivity index (χ2n) is 5.32. The molecule has 0 saturated carbocycles. The van der Waals surface area contributed by atoms with E-state index in [2.05, 4.69) is 9.88 Å². The number of rotatable bonds is 3. The summed E-state index contributed by atoms with van der Waals surface area (Å²) in [7, 11) is 1.55. The molecule has 2 heterocycles. The number of nitrogens with zero attached hydrogens (tertiary/aromatic N) is 2. The van der Waals surface area contributed by atoms with Crippen molar-refractivity contribution in [2.24, 2.45) is 5.73 Å². The molecule has 3 rings (SSSR count). The molecule has 2 N–H and O–H groups in total. The molecule has 0 radical (unpaired) electrons. The Morgan fingerprint density at radius 2 is 2.05 bits per heavy atom. The molecule has 1 aromatic carbocycles. The fourth-order valence-electron chi connectivity index (χ4n) is 2.90. The van der Waals surface area contributed by atoms with Gasteiger partial charge in [0, 0.05) is 24.7 Å². The molecule has 1 fully saturated rings. The summed E-state index contributed by atoms with van der Waals surface area (Å²) >= 11 is 0. The maximum Gasteiger partial charge on any atom is 0.252 e. The summed E-state index contributed by atoms with van der Waals surface area (Å²) in [5.41, 5.74) is 5.82. The summed E-state index contributed by atoms with van der Waals surface area (Å²) in [6, 6.07) is 5.55. The van der Waals surface area contributed by atoms with E-state index < -0.39 is 5.91 Å². The van der Waals surface area contributed by atoms with Crippen molar-refractivity contribution in [2.45, 2.75) is 19.3 Å². The minimum atomic E-state index is -0.481. The first-order valence-electron chi connectivity index (χ1n) is 7.22. The fraction of sp³-hybridized carbons (Fsp3) is 0.375. The topological polar surface area (TPSA) is 68.4 Å². The molecule has 1 aromatic heterocycles. The van der Waals surface area contributed by atoms with E-state index in [1.165, 1.54) is 19.3 Å². The van der Waals surface area contributed by atoms with Crippen LogP contribution < -0.4 is 15.4 Å². The van der Waals surface area contributed by atoms with E-state index in [0.29, 0.717) is 11.3 Å². The quantitative estimate of drug-likeness (QED) is 0.939. The number of aromatic nitrogens is 1. The largest absolute Gasteiger partial charge is 0.496 e. The van der Waals surface area contributed by atoms with Crippen molar-refractivity contribution in [3.63, 3.8) is 0 Å². The van der Waals surface area contributed by atoms with E-state index >= 15 is 0 Å². The number of anilines is 1. The van der Waals surface area contributed by atoms with Gasteiger partial charge in [0.15, 0.2) is 0 Å². The molecular formula is C16H19N3O2. The normalized spacial score (nSPS) is 15.2. The third-order valence-corrected chi connectivity index (χ3v) is 3.98. The third-order valence-electron chi connectivity index (χ3n) is 3.98. The fourth-order valence-corrected chi connectivity index (χ4v) is 2.90. The molecular weight excluding hydrogens is 266 g/mol. The maximum absolute atomic E-state index is 11.5. The number of carbonyl (C=O) groups excluding carboxylic acids is 1. The number of hydrogen-bond donors (Lipinski definition) is 1. The highest BCUT2D eigenvalue weighted by atomic mass is 16.5. The number of hydrogen-bond acceptors (Lipinski definition) is 4. The van der Waals surface area contributed by atoms with Crippen LogP contribution in [0.2, 0.25) is 0 Å². The van der Waals surface area contributed by atoms with Crippen LogP contribution in [-0.2, 0) is 0 Å². The van der Waals surface area contributed by atoms with Gasteiger partial charge < -0.3 is 15.4 Å². The van der Waals surface area contributed by atoms with Gasteiger partial charge in [-0.15, -0.1) is 0 Å². The number of methoxy groups -OCH3 is 1. The maximum atomic E-state index is 11.5. The Labute approximate surface area is 123 Å². The second-order valence-corrected chi connectivity index (χ2v) is 5.32. The van der Waals surface area contributed by atoms with E-state index in [0.717, 1.165) is 29.7 Å². The summed E-state index contributed by atoms with van der Waals surface area (Å²) in [5.74, 6) is 0.980. The Morgan fingerprint density at radius 1 is 1.29 bits per heavy atom. The number of carbonyl (C=O) groups is 1. The van der Waals surface area contributed by atoms with Crippen molar-refractivity contribution in [3.8, 4) is 5.75 Å². The highest BCUT2D eigenvalue weighted by Gasteiger charge is 2.17. The number of ether oxygens (including phenoxy) is 1. The molecule has 0 unspecified atom stereocenters. The minimum absolute atomic E-state index is 0.404. The number of fused-ring (bicyclic) bond motifs is 1. The lowest BCUT2D eigenvalue weighted by atomic mass is 10.0. The smallest absolute Gasteiger partial charge is 0.252 e. The molecule has 0 aliphatic carbocycles. The molecule has 2 aromatic rings. The van der Waals surface area contributed by atoms with Crippen LogP contribution in [0.3, 0.4) is 0 Å². The Morgan fingerprint density at radius 3 is 2.71 bits per heavy atom. The Bertz CT molecular complexity index is 679. The number of amides is 1. The standard InChI is InChI=1S/C16H19N3O2/c1-21-14-10-12-11(9-13(14)15(17)20)5-6-18-16(12)19-7-3-2-4-8-19/h5-6,9-10H,2-4,7-8H2,1H3,(H2,17,20). The number of piperidine rings is 1. The van der Waals surface area contributed by atoms with E-state index in [1.807, 2.05) is 12.1 Å². The molecule has 21 heavy (non-hydrogen) atoms. The molecule has 1 aliphatic heterocycles. The van der Waals surface area contributed by atoms with E-state index in [-0.39, 0.29) is 0 Å². The predicted octanol–water partition coefficient (Wildman–Crippen LogP) is 2.33. The van der Waals surface area contributed by atoms with Crippen LogP contribution in [0.25, 0.3) is 10.8 Å². The van der Waals surface area contributed by atoms with Gasteiger partial charge in [-0.1, -0.05) is 0 Å². The van der Waals surface area contributed by atoms with Crippen molar-refractivity contribution in [2.75, 3.05) is 25.1 Å². The second kappa shape index (κ2) is 5.60. The highest BCUT2D eigenvalue weighted by Crippen LogP contribution is 2.32. The van der Waals surface area contributed by atoms with E-state index in [1.54, 1.807) is 19.4 Å². The molecule has 0 atom stereocenters. The molecule has 5 heteroatoms. The van der Waals surface area contributed by atoms with Gasteiger partial charge in [0.1, 0.15) is 11.6 Å². The van der Waals surface area contributed by atoms with Crippen molar-refractivity contribution < 1.29 is 9.53 Å². The summed E-state index contributed by atoms with van der Waals surface area (Å²) in [6.45, 7) is 2.04. The van der Waals surface area contributed by atoms with Crippen LogP contribution in [0, 0.1) is 0 Å². The number of pyridine rings is 1. The monoisotopic (exact) mass is 285 g/mol. The zero-order valence-electron chi connectivity index (χ0n) is 12.1. The summed E-state index contributed by atoms with van der Waals surface area (Å²) in [6.07, 6.45) is 5.43. The molecule has 1 saturated heterocycles. The summed E-state index contributed by atoms with van der Waals surface area (Å²) < 4.78 is 5.31. The van der Waals surface area contributed by atoms with Gasteiger partial charge in [0.25, 0.3) is 5.91 Å². The van der Waals surface area contributed by atoms with Crippen molar-refractivity contribution in [3.05, 3.63) is 30.0 Å². The van der Waals surface area contributed by atoms with Gasteiger partial charge in [0.2, 0.25) is 0 Å². The van der Waals surface area contributed by atoms with Gasteiger partial charge in [-0.25, -0.2) is 4.98 Å². The SMILES string of the molecule is COc1cc2c(N3CCCCC3)nccc2cc1C(N)=O. The molecule has 0 spiro atoms. The van der Waals surface area contributed by atoms with Gasteiger partial charge in [0.05, 0.1) is 12.7 Å². The Hall–Kier alpha value is -2.30. The van der Waals surface area contributed by atoms with Crippen LogP contribution in [0.15, 0.2) is 24.4 Å². The van der Waals surface area contributed by atoms with Gasteiger partial charge >= 0.3 is 0 Å². The Kier molecular flexibility index (Phi) is 3.64. The molecule has 0 bridgehead atoms. The van der Waals surface area contributed by atoms with Crippen LogP contribution >= 0.6 is 0 Å². The molecule has 5 nitrogen and oxygen atoms in total. The predicted molar refractivity (Wildman–Crippen MR) is 82.9 cm³/mol. The lowest BCUT2D eigenvalue weighted by Gasteiger charge is -2.28. The zero-order valence-corrected chi connectivity index (χ0v) is 12.1. The number of primary amides is 1. The molecule has 110 valence electrons. The molecule has 1 amide bonds. The molecule has 1 aliphatic rings.